The van der Waals surface area contributed by atoms with Crippen LogP contribution in [-0.4, -0.2) is 38.9 Å². The van der Waals surface area contributed by atoms with Crippen LogP contribution < -0.4 is 16.1 Å². The number of aliphatic hydroxyl groups excluding tert-OH is 1. The fourth-order valence-electron chi connectivity index (χ4n) is 2.56. The summed E-state index contributed by atoms with van der Waals surface area (Å²) in [4.78, 5) is 30.7. The Bertz CT molecular complexity index is 791. The van der Waals surface area contributed by atoms with Gasteiger partial charge in [-0.2, -0.15) is 0 Å². The molecule has 0 aliphatic heterocycles. The average molecular weight is 292 g/mol. The van der Waals surface area contributed by atoms with Gasteiger partial charge in [-0.25, -0.2) is 9.78 Å². The van der Waals surface area contributed by atoms with Crippen molar-refractivity contribution in [1.82, 2.24) is 14.1 Å². The van der Waals surface area contributed by atoms with E-state index < -0.39 is 5.69 Å². The first-order valence-corrected chi connectivity index (χ1v) is 6.85. The molecule has 2 aromatic heterocycles. The number of rotatable bonds is 4. The minimum absolute atomic E-state index is 0.0107. The number of fused-ring (bicyclic) bond motifs is 1. The van der Waals surface area contributed by atoms with Gasteiger partial charge in [0.05, 0.1) is 12.3 Å². The Morgan fingerprint density at radius 1 is 1.29 bits per heavy atom. The summed E-state index contributed by atoms with van der Waals surface area (Å²) in [5, 5.41) is 9.63. The standard InChI is InChI=1S/C14H20N4O3/c1-5-18(6-7-19)11-9(2)8-15-12-10(11)13(20)17(4)14(21)16(12)3/h8,19H,5-7H2,1-4H3. The van der Waals surface area contributed by atoms with Gasteiger partial charge < -0.3 is 10.0 Å². The van der Waals surface area contributed by atoms with Gasteiger partial charge in [0.25, 0.3) is 5.56 Å². The van der Waals surface area contributed by atoms with Crippen molar-refractivity contribution in [2.24, 2.45) is 14.1 Å². The molecule has 2 heterocycles. The van der Waals surface area contributed by atoms with E-state index in [1.54, 1.807) is 13.2 Å². The van der Waals surface area contributed by atoms with E-state index in [9.17, 15) is 14.7 Å². The molecule has 0 atom stereocenters. The first-order chi connectivity index (χ1) is 9.93. The van der Waals surface area contributed by atoms with E-state index in [1.165, 1.54) is 11.6 Å². The number of aromatic nitrogens is 3. The van der Waals surface area contributed by atoms with E-state index in [2.05, 4.69) is 4.98 Å². The number of likely N-dealkylation sites (N-methyl/N-ethyl adjacent to an activating group) is 1. The lowest BCUT2D eigenvalue weighted by molar-refractivity contribution is 0.302. The molecule has 0 unspecified atom stereocenters. The maximum atomic E-state index is 12.5. The molecule has 0 bridgehead atoms. The molecule has 114 valence electrons. The van der Waals surface area contributed by atoms with Crippen molar-refractivity contribution in [3.05, 3.63) is 32.6 Å². The van der Waals surface area contributed by atoms with Crippen molar-refractivity contribution in [2.45, 2.75) is 13.8 Å². The number of hydrogen-bond donors (Lipinski definition) is 1. The zero-order valence-electron chi connectivity index (χ0n) is 12.8. The highest BCUT2D eigenvalue weighted by molar-refractivity contribution is 5.90. The first kappa shape index (κ1) is 15.2. The van der Waals surface area contributed by atoms with Crippen molar-refractivity contribution < 1.29 is 5.11 Å². The molecule has 0 spiro atoms. The lowest BCUT2D eigenvalue weighted by Gasteiger charge is -2.25. The average Bonchev–Trinajstić information content (AvgIpc) is 2.48. The molecule has 0 amide bonds. The quantitative estimate of drug-likeness (QED) is 0.841. The van der Waals surface area contributed by atoms with Crippen molar-refractivity contribution >= 4 is 16.7 Å². The van der Waals surface area contributed by atoms with Gasteiger partial charge in [-0.3, -0.25) is 13.9 Å². The SMILES string of the molecule is CCN(CCO)c1c(C)cnc2c1c(=O)n(C)c(=O)n2C. The summed E-state index contributed by atoms with van der Waals surface area (Å²) >= 11 is 0. The maximum Gasteiger partial charge on any atom is 0.332 e. The predicted molar refractivity (Wildman–Crippen MR) is 81.9 cm³/mol. The van der Waals surface area contributed by atoms with Gasteiger partial charge >= 0.3 is 5.69 Å². The molecule has 7 heteroatoms. The zero-order chi connectivity index (χ0) is 15.7. The Morgan fingerprint density at radius 3 is 2.52 bits per heavy atom. The molecular formula is C14H20N4O3. The molecule has 0 aromatic carbocycles. The molecule has 21 heavy (non-hydrogen) atoms. The van der Waals surface area contributed by atoms with Crippen LogP contribution in [-0.2, 0) is 14.1 Å². The highest BCUT2D eigenvalue weighted by Crippen LogP contribution is 2.25. The van der Waals surface area contributed by atoms with E-state index in [0.717, 1.165) is 15.8 Å². The first-order valence-electron chi connectivity index (χ1n) is 6.85. The molecule has 2 aromatic rings. The minimum Gasteiger partial charge on any atom is -0.395 e. The van der Waals surface area contributed by atoms with E-state index in [-0.39, 0.29) is 12.2 Å². The monoisotopic (exact) mass is 292 g/mol. The number of pyridine rings is 1. The summed E-state index contributed by atoms with van der Waals surface area (Å²) < 4.78 is 2.45. The van der Waals surface area contributed by atoms with E-state index in [1.807, 2.05) is 18.7 Å². The van der Waals surface area contributed by atoms with Gasteiger partial charge in [0.1, 0.15) is 5.39 Å². The lowest BCUT2D eigenvalue weighted by atomic mass is 10.1. The summed E-state index contributed by atoms with van der Waals surface area (Å²) in [6.45, 7) is 4.87. The fourth-order valence-corrected chi connectivity index (χ4v) is 2.56. The Morgan fingerprint density at radius 2 is 1.95 bits per heavy atom. The second-order valence-electron chi connectivity index (χ2n) is 5.00. The molecule has 0 fully saturated rings. The third-order valence-corrected chi connectivity index (χ3v) is 3.69. The van der Waals surface area contributed by atoms with Crippen molar-refractivity contribution in [3.63, 3.8) is 0 Å². The second-order valence-corrected chi connectivity index (χ2v) is 5.00. The number of aryl methyl sites for hydroxylation is 2. The molecule has 0 saturated heterocycles. The highest BCUT2D eigenvalue weighted by atomic mass is 16.3. The van der Waals surface area contributed by atoms with Crippen LogP contribution in [0.25, 0.3) is 11.0 Å². The second kappa shape index (κ2) is 5.69. The normalized spacial score (nSPS) is 11.1. The Kier molecular flexibility index (Phi) is 4.13. The Labute approximate surface area is 122 Å². The van der Waals surface area contributed by atoms with Crippen molar-refractivity contribution in [2.75, 3.05) is 24.6 Å². The van der Waals surface area contributed by atoms with Crippen LogP contribution >= 0.6 is 0 Å². The summed E-state index contributed by atoms with van der Waals surface area (Å²) in [6.07, 6.45) is 1.65. The van der Waals surface area contributed by atoms with Crippen LogP contribution in [0.2, 0.25) is 0 Å². The van der Waals surface area contributed by atoms with Crippen molar-refractivity contribution in [1.29, 1.82) is 0 Å². The largest absolute Gasteiger partial charge is 0.395 e. The topological polar surface area (TPSA) is 80.4 Å². The summed E-state index contributed by atoms with van der Waals surface area (Å²) in [6, 6.07) is 0. The zero-order valence-corrected chi connectivity index (χ0v) is 12.8. The van der Waals surface area contributed by atoms with Crippen LogP contribution in [0, 0.1) is 6.92 Å². The van der Waals surface area contributed by atoms with Gasteiger partial charge in [0.2, 0.25) is 0 Å². The molecule has 0 radical (unpaired) electrons. The van der Waals surface area contributed by atoms with E-state index in [0.29, 0.717) is 24.1 Å². The molecule has 0 saturated carbocycles. The van der Waals surface area contributed by atoms with Gasteiger partial charge in [0, 0.05) is 33.4 Å². The van der Waals surface area contributed by atoms with Gasteiger partial charge in [-0.1, -0.05) is 0 Å². The third-order valence-electron chi connectivity index (χ3n) is 3.69. The summed E-state index contributed by atoms with van der Waals surface area (Å²) in [7, 11) is 3.05. The molecule has 7 nitrogen and oxygen atoms in total. The van der Waals surface area contributed by atoms with Gasteiger partial charge in [-0.05, 0) is 19.4 Å². The Balaban J connectivity index is 2.97. The highest BCUT2D eigenvalue weighted by Gasteiger charge is 2.19. The molecule has 0 aliphatic rings. The molecule has 2 rings (SSSR count). The summed E-state index contributed by atoms with van der Waals surface area (Å²) in [5.74, 6) is 0. The maximum absolute atomic E-state index is 12.5. The molecule has 0 aliphatic carbocycles. The summed E-state index contributed by atoms with van der Waals surface area (Å²) in [5.41, 5.74) is 1.16. The van der Waals surface area contributed by atoms with Crippen LogP contribution in [0.4, 0.5) is 5.69 Å². The van der Waals surface area contributed by atoms with Gasteiger partial charge in [0.15, 0.2) is 5.65 Å². The molecule has 1 N–H and O–H groups in total. The van der Waals surface area contributed by atoms with E-state index >= 15 is 0 Å². The predicted octanol–water partition coefficient (Wildman–Crippen LogP) is -0.241. The molecular weight excluding hydrogens is 272 g/mol. The number of aliphatic hydroxyl groups is 1. The van der Waals surface area contributed by atoms with Crippen molar-refractivity contribution in [3.8, 4) is 0 Å². The third kappa shape index (κ3) is 2.33. The lowest BCUT2D eigenvalue weighted by Crippen LogP contribution is -2.39. The van der Waals surface area contributed by atoms with Crippen LogP contribution in [0.1, 0.15) is 12.5 Å². The fraction of sp³-hybridized carbons (Fsp3) is 0.500. The van der Waals surface area contributed by atoms with Crippen LogP contribution in [0.3, 0.4) is 0 Å². The van der Waals surface area contributed by atoms with Crippen LogP contribution in [0.5, 0.6) is 0 Å². The minimum atomic E-state index is -0.403. The van der Waals surface area contributed by atoms with E-state index in [4.69, 9.17) is 0 Å². The number of anilines is 1. The Hall–Kier alpha value is -2.15. The van der Waals surface area contributed by atoms with Crippen LogP contribution in [0.15, 0.2) is 15.8 Å². The number of hydrogen-bond acceptors (Lipinski definition) is 5. The number of nitrogens with zero attached hydrogens (tertiary/aromatic N) is 4. The smallest absolute Gasteiger partial charge is 0.332 e. The van der Waals surface area contributed by atoms with Gasteiger partial charge in [-0.15, -0.1) is 0 Å².